The molecule has 0 radical (unpaired) electrons. The predicted molar refractivity (Wildman–Crippen MR) is 155 cm³/mol. The zero-order chi connectivity index (χ0) is 27.3. The van der Waals surface area contributed by atoms with Gasteiger partial charge in [0.05, 0.1) is 32.6 Å². The molecule has 2 amide bonds. The van der Waals surface area contributed by atoms with Gasteiger partial charge in [0.2, 0.25) is 0 Å². The smallest absolute Gasteiger partial charge is 0.318 e. The molecule has 0 aliphatic heterocycles. The fraction of sp³-hybridized carbons (Fsp3) is 0.552. The van der Waals surface area contributed by atoms with Crippen LogP contribution in [0.15, 0.2) is 72.0 Å². The first-order chi connectivity index (χ1) is 17.2. The van der Waals surface area contributed by atoms with Gasteiger partial charge < -0.3 is 24.4 Å². The lowest BCUT2D eigenvalue weighted by Crippen LogP contribution is -2.45. The van der Waals surface area contributed by atoms with Crippen LogP contribution in [0.2, 0.25) is 0 Å². The summed E-state index contributed by atoms with van der Waals surface area (Å²) in [5.74, 6) is 1.93. The van der Waals surface area contributed by atoms with Crippen LogP contribution >= 0.6 is 15.9 Å². The highest BCUT2D eigenvalue weighted by Crippen LogP contribution is 2.16. The molecule has 7 heteroatoms. The second kappa shape index (κ2) is 20.7. The van der Waals surface area contributed by atoms with Gasteiger partial charge >= 0.3 is 6.03 Å². The van der Waals surface area contributed by atoms with Crippen molar-refractivity contribution in [2.24, 2.45) is 0 Å². The van der Waals surface area contributed by atoms with Crippen molar-refractivity contribution in [3.8, 4) is 0 Å². The molecular weight excluding hydrogens is 520 g/mol. The average molecular weight is 568 g/mol. The fourth-order valence-corrected chi connectivity index (χ4v) is 3.60. The Morgan fingerprint density at radius 2 is 1.83 bits per heavy atom. The summed E-state index contributed by atoms with van der Waals surface area (Å²) in [6.07, 6.45) is 14.5. The number of hydrogen-bond acceptors (Lipinski definition) is 4. The molecule has 0 saturated carbocycles. The van der Waals surface area contributed by atoms with Crippen LogP contribution in [0.3, 0.4) is 0 Å². The predicted octanol–water partition coefficient (Wildman–Crippen LogP) is 7.42. The highest BCUT2D eigenvalue weighted by molar-refractivity contribution is 9.09. The minimum Gasteiger partial charge on any atom is -0.501 e. The van der Waals surface area contributed by atoms with Crippen LogP contribution in [-0.4, -0.2) is 56.2 Å². The van der Waals surface area contributed by atoms with Crippen LogP contribution in [0, 0.1) is 0 Å². The number of nitrogens with zero attached hydrogens (tertiary/aromatic N) is 1. The van der Waals surface area contributed by atoms with E-state index in [9.17, 15) is 4.79 Å². The molecule has 0 rings (SSSR count). The molecular formula is C29H47BrN2O4. The van der Waals surface area contributed by atoms with Gasteiger partial charge in [-0.15, -0.1) is 0 Å². The van der Waals surface area contributed by atoms with E-state index in [1.54, 1.807) is 19.1 Å². The number of alkyl halides is 1. The van der Waals surface area contributed by atoms with Crippen LogP contribution in [0.25, 0.3) is 0 Å². The Kier molecular flexibility index (Phi) is 19.4. The van der Waals surface area contributed by atoms with Gasteiger partial charge in [-0.1, -0.05) is 72.7 Å². The largest absolute Gasteiger partial charge is 0.501 e. The van der Waals surface area contributed by atoms with Crippen LogP contribution < -0.4 is 5.32 Å². The van der Waals surface area contributed by atoms with E-state index < -0.39 is 0 Å². The highest BCUT2D eigenvalue weighted by Gasteiger charge is 2.18. The fourth-order valence-electron chi connectivity index (χ4n) is 3.33. The zero-order valence-corrected chi connectivity index (χ0v) is 24.8. The number of ether oxygens (including phenoxy) is 3. The van der Waals surface area contributed by atoms with Gasteiger partial charge in [0, 0.05) is 24.8 Å². The summed E-state index contributed by atoms with van der Waals surface area (Å²) in [5, 5.41) is 3.88. The first-order valence-corrected chi connectivity index (χ1v) is 13.7. The summed E-state index contributed by atoms with van der Waals surface area (Å²) in [7, 11) is 3.23. The van der Waals surface area contributed by atoms with E-state index in [0.717, 1.165) is 42.2 Å². The number of hydrogen-bond donors (Lipinski definition) is 1. The summed E-state index contributed by atoms with van der Waals surface area (Å²) in [6.45, 7) is 17.3. The van der Waals surface area contributed by atoms with Crippen molar-refractivity contribution in [1.29, 1.82) is 0 Å². The monoisotopic (exact) mass is 566 g/mol. The van der Waals surface area contributed by atoms with Crippen LogP contribution in [-0.2, 0) is 14.2 Å². The number of carbonyl (C=O) groups is 1. The number of methoxy groups -OCH3 is 2. The molecule has 1 atom stereocenters. The summed E-state index contributed by atoms with van der Waals surface area (Å²) in [6, 6.07) is -0.462. The Bertz CT molecular complexity index is 799. The van der Waals surface area contributed by atoms with Gasteiger partial charge in [-0.05, 0) is 51.3 Å². The topological polar surface area (TPSA) is 60.0 Å². The molecule has 0 spiro atoms. The molecule has 0 bridgehead atoms. The molecule has 0 heterocycles. The zero-order valence-electron chi connectivity index (χ0n) is 23.2. The van der Waals surface area contributed by atoms with E-state index in [4.69, 9.17) is 14.2 Å². The van der Waals surface area contributed by atoms with Gasteiger partial charge in [0.1, 0.15) is 0 Å². The molecule has 0 aromatic rings. The molecule has 1 N–H and O–H groups in total. The number of amides is 2. The van der Waals surface area contributed by atoms with E-state index in [0.29, 0.717) is 43.4 Å². The summed E-state index contributed by atoms with van der Waals surface area (Å²) in [4.78, 5) is 15.1. The molecule has 0 aromatic carbocycles. The summed E-state index contributed by atoms with van der Waals surface area (Å²) >= 11 is 3.40. The third-order valence-corrected chi connectivity index (χ3v) is 5.51. The van der Waals surface area contributed by atoms with Gasteiger partial charge in [-0.3, -0.25) is 0 Å². The average Bonchev–Trinajstić information content (AvgIpc) is 2.83. The van der Waals surface area contributed by atoms with Crippen molar-refractivity contribution in [2.75, 3.05) is 39.2 Å². The van der Waals surface area contributed by atoms with E-state index in [2.05, 4.69) is 53.5 Å². The molecule has 0 unspecified atom stereocenters. The van der Waals surface area contributed by atoms with Gasteiger partial charge in [0.15, 0.2) is 11.5 Å². The number of urea groups is 1. The van der Waals surface area contributed by atoms with E-state index in [-0.39, 0.29) is 12.1 Å². The summed E-state index contributed by atoms with van der Waals surface area (Å²) < 4.78 is 16.8. The maximum absolute atomic E-state index is 13.3. The molecule has 0 aromatic heterocycles. The van der Waals surface area contributed by atoms with Crippen molar-refractivity contribution in [1.82, 2.24) is 10.2 Å². The third-order valence-electron chi connectivity index (χ3n) is 5.14. The van der Waals surface area contributed by atoms with Gasteiger partial charge in [0.25, 0.3) is 0 Å². The van der Waals surface area contributed by atoms with Crippen LogP contribution in [0.4, 0.5) is 4.79 Å². The number of allylic oxidation sites excluding steroid dienone is 5. The number of rotatable bonds is 19. The summed E-state index contributed by atoms with van der Waals surface area (Å²) in [5.41, 5.74) is 1.95. The first kappa shape index (κ1) is 33.6. The van der Waals surface area contributed by atoms with E-state index in [1.165, 1.54) is 0 Å². The quantitative estimate of drug-likeness (QED) is 0.0580. The lowest BCUT2D eigenvalue weighted by Gasteiger charge is -2.26. The Balaban J connectivity index is 5.65. The highest BCUT2D eigenvalue weighted by atomic mass is 79.9. The Labute approximate surface area is 227 Å². The van der Waals surface area contributed by atoms with Crippen molar-refractivity contribution >= 4 is 22.0 Å². The molecule has 204 valence electrons. The minimum atomic E-state index is -0.278. The first-order valence-electron chi connectivity index (χ1n) is 12.6. The van der Waals surface area contributed by atoms with Crippen molar-refractivity contribution in [3.63, 3.8) is 0 Å². The number of carbonyl (C=O) groups excluding carboxylic acids is 1. The molecule has 36 heavy (non-hydrogen) atoms. The van der Waals surface area contributed by atoms with Gasteiger partial charge in [-0.2, -0.15) is 0 Å². The van der Waals surface area contributed by atoms with Crippen molar-refractivity contribution in [2.45, 2.75) is 65.8 Å². The molecule has 0 fully saturated rings. The maximum atomic E-state index is 13.3. The molecule has 0 aliphatic carbocycles. The number of halogens is 1. The Hall–Kier alpha value is -2.41. The van der Waals surface area contributed by atoms with Crippen LogP contribution in [0.5, 0.6) is 0 Å². The standard InChI is InChI=1S/C29H47BrN2O4/c1-9-11-15-18-36-28(27(10-2)35-8)19-24(5)31-29(33)32(21-23(3)4)22-26(20-25(6)34-7)16-13-12-14-17-30/h10,12,14,16,19,24H,3,6,9,11,13,15,17-18,20-22H2,1-2,4-5,7-8H3,(H,31,33)/b14-12?,26-16+,27-10+,28-19+/t24-/m0/s1. The lowest BCUT2D eigenvalue weighted by atomic mass is 10.1. The van der Waals surface area contributed by atoms with E-state index in [1.807, 2.05) is 39.0 Å². The second-order valence-electron chi connectivity index (χ2n) is 8.64. The molecule has 6 nitrogen and oxygen atoms in total. The number of nitrogens with one attached hydrogen (secondary N) is 1. The maximum Gasteiger partial charge on any atom is 0.318 e. The second-order valence-corrected chi connectivity index (χ2v) is 9.29. The SMILES string of the molecule is C=C(C)CN(C/C(=C/CC=CCBr)CC(=C)OC)C(=O)N[C@@H](C)/C=C(OCCCCC)\C(=C/C)OC. The Morgan fingerprint density at radius 1 is 1.11 bits per heavy atom. The third kappa shape index (κ3) is 15.6. The number of unbranched alkanes of at least 4 members (excludes halogenated alkanes) is 2. The molecule has 0 saturated heterocycles. The normalized spacial score (nSPS) is 13.4. The van der Waals surface area contributed by atoms with Gasteiger partial charge in [-0.25, -0.2) is 4.79 Å². The molecule has 0 aliphatic rings. The lowest BCUT2D eigenvalue weighted by molar-refractivity contribution is 0.170. The minimum absolute atomic E-state index is 0.184. The Morgan fingerprint density at radius 3 is 2.39 bits per heavy atom. The van der Waals surface area contributed by atoms with Crippen LogP contribution in [0.1, 0.15) is 59.8 Å². The van der Waals surface area contributed by atoms with Crippen molar-refractivity contribution in [3.05, 3.63) is 72.0 Å². The van der Waals surface area contributed by atoms with Crippen molar-refractivity contribution < 1.29 is 19.0 Å². The van der Waals surface area contributed by atoms with E-state index >= 15 is 0 Å².